The number of nitrogens with zero attached hydrogens (tertiary/aromatic N) is 4. The summed E-state index contributed by atoms with van der Waals surface area (Å²) in [5.41, 5.74) is 0.399. The van der Waals surface area contributed by atoms with Crippen LogP contribution in [-0.2, 0) is 9.59 Å². The molecular formula is C17H21N5O2S. The first-order valence-electron chi connectivity index (χ1n) is 8.08. The van der Waals surface area contributed by atoms with Gasteiger partial charge in [0.1, 0.15) is 11.9 Å². The zero-order chi connectivity index (χ0) is 18.2. The molecule has 1 aliphatic rings. The van der Waals surface area contributed by atoms with E-state index in [4.69, 9.17) is 0 Å². The van der Waals surface area contributed by atoms with Gasteiger partial charge in [0, 0.05) is 6.04 Å². The van der Waals surface area contributed by atoms with Gasteiger partial charge in [0.25, 0.3) is 0 Å². The van der Waals surface area contributed by atoms with Gasteiger partial charge < -0.3 is 9.88 Å². The molecule has 132 valence electrons. The van der Waals surface area contributed by atoms with Crippen LogP contribution in [0.3, 0.4) is 0 Å². The summed E-state index contributed by atoms with van der Waals surface area (Å²) >= 11 is 1.33. The first-order chi connectivity index (χ1) is 11.8. The predicted molar refractivity (Wildman–Crippen MR) is 97.8 cm³/mol. The lowest BCUT2D eigenvalue weighted by molar-refractivity contribution is -0.125. The smallest absolute Gasteiger partial charge is 0.250 e. The highest BCUT2D eigenvalue weighted by molar-refractivity contribution is 7.99. The summed E-state index contributed by atoms with van der Waals surface area (Å²) in [6.45, 7) is 7.56. The molecule has 1 aliphatic heterocycles. The molecule has 0 radical (unpaired) electrons. The minimum Gasteiger partial charge on any atom is -0.322 e. The SMILES string of the molecule is CC(C)n1cnnc1SCC(=O)N1c2ccccc2NC(=O)C1(C)C. The molecule has 2 amide bonds. The minimum absolute atomic E-state index is 0.143. The fourth-order valence-electron chi connectivity index (χ4n) is 2.78. The average Bonchev–Trinajstić information content (AvgIpc) is 3.02. The summed E-state index contributed by atoms with van der Waals surface area (Å²) in [6.07, 6.45) is 1.66. The monoisotopic (exact) mass is 359 g/mol. The van der Waals surface area contributed by atoms with E-state index in [0.717, 1.165) is 0 Å². The summed E-state index contributed by atoms with van der Waals surface area (Å²) in [7, 11) is 0. The summed E-state index contributed by atoms with van der Waals surface area (Å²) < 4.78 is 1.92. The van der Waals surface area contributed by atoms with Crippen molar-refractivity contribution in [3.05, 3.63) is 30.6 Å². The van der Waals surface area contributed by atoms with Gasteiger partial charge in [0.05, 0.1) is 17.1 Å². The third kappa shape index (κ3) is 3.13. The summed E-state index contributed by atoms with van der Waals surface area (Å²) in [4.78, 5) is 27.0. The Balaban J connectivity index is 1.85. The Hall–Kier alpha value is -2.35. The van der Waals surface area contributed by atoms with Crippen LogP contribution < -0.4 is 10.2 Å². The maximum atomic E-state index is 13.0. The van der Waals surface area contributed by atoms with E-state index in [2.05, 4.69) is 15.5 Å². The van der Waals surface area contributed by atoms with Crippen molar-refractivity contribution in [2.75, 3.05) is 16.0 Å². The Morgan fingerprint density at radius 2 is 2.04 bits per heavy atom. The van der Waals surface area contributed by atoms with E-state index in [9.17, 15) is 9.59 Å². The molecule has 1 aromatic heterocycles. The number of thioether (sulfide) groups is 1. The number of aromatic nitrogens is 3. The zero-order valence-corrected chi connectivity index (χ0v) is 15.5. The van der Waals surface area contributed by atoms with Crippen molar-refractivity contribution in [1.82, 2.24) is 14.8 Å². The molecule has 0 atom stereocenters. The van der Waals surface area contributed by atoms with Gasteiger partial charge in [-0.2, -0.15) is 0 Å². The first kappa shape index (κ1) is 17.5. The van der Waals surface area contributed by atoms with Crippen molar-refractivity contribution in [2.24, 2.45) is 0 Å². The third-order valence-corrected chi connectivity index (χ3v) is 5.12. The molecule has 25 heavy (non-hydrogen) atoms. The number of carbonyl (C=O) groups excluding carboxylic acids is 2. The number of nitrogens with one attached hydrogen (secondary N) is 1. The number of hydrogen-bond donors (Lipinski definition) is 1. The average molecular weight is 359 g/mol. The molecule has 0 saturated heterocycles. The summed E-state index contributed by atoms with van der Waals surface area (Å²) in [6, 6.07) is 7.54. The number of fused-ring (bicyclic) bond motifs is 1. The van der Waals surface area contributed by atoms with E-state index in [1.54, 1.807) is 31.1 Å². The molecule has 0 fully saturated rings. The lowest BCUT2D eigenvalue weighted by atomic mass is 9.96. The number of benzene rings is 1. The van der Waals surface area contributed by atoms with Crippen molar-refractivity contribution in [1.29, 1.82) is 0 Å². The highest BCUT2D eigenvalue weighted by Gasteiger charge is 2.43. The maximum absolute atomic E-state index is 13.0. The van der Waals surface area contributed by atoms with Crippen LogP contribution in [0.4, 0.5) is 11.4 Å². The Labute approximate surface area is 150 Å². The second-order valence-electron chi connectivity index (χ2n) is 6.66. The molecule has 7 nitrogen and oxygen atoms in total. The minimum atomic E-state index is -0.961. The molecule has 0 spiro atoms. The maximum Gasteiger partial charge on any atom is 0.250 e. The van der Waals surface area contributed by atoms with Gasteiger partial charge in [-0.3, -0.25) is 14.5 Å². The van der Waals surface area contributed by atoms with Crippen LogP contribution in [0.1, 0.15) is 33.7 Å². The topological polar surface area (TPSA) is 80.1 Å². The molecule has 0 saturated carbocycles. The van der Waals surface area contributed by atoms with Crippen LogP contribution in [0.15, 0.2) is 35.7 Å². The summed E-state index contributed by atoms with van der Waals surface area (Å²) in [5, 5.41) is 11.5. The molecule has 1 N–H and O–H groups in total. The van der Waals surface area contributed by atoms with Gasteiger partial charge >= 0.3 is 0 Å². The van der Waals surface area contributed by atoms with Crippen LogP contribution in [-0.4, -0.2) is 37.9 Å². The van der Waals surface area contributed by atoms with Gasteiger partial charge in [-0.1, -0.05) is 23.9 Å². The number of carbonyl (C=O) groups is 2. The van der Waals surface area contributed by atoms with Gasteiger partial charge in [-0.05, 0) is 39.8 Å². The molecule has 1 aromatic carbocycles. The first-order valence-corrected chi connectivity index (χ1v) is 9.06. The van der Waals surface area contributed by atoms with Crippen molar-refractivity contribution in [3.8, 4) is 0 Å². The Morgan fingerprint density at radius 3 is 2.76 bits per heavy atom. The molecule has 0 aliphatic carbocycles. The lowest BCUT2D eigenvalue weighted by Crippen LogP contribution is -2.59. The zero-order valence-electron chi connectivity index (χ0n) is 14.7. The molecule has 0 bridgehead atoms. The molecule has 8 heteroatoms. The van der Waals surface area contributed by atoms with Crippen LogP contribution in [0.2, 0.25) is 0 Å². The van der Waals surface area contributed by atoms with E-state index in [-0.39, 0.29) is 23.6 Å². The van der Waals surface area contributed by atoms with Crippen molar-refractivity contribution in [3.63, 3.8) is 0 Å². The highest BCUT2D eigenvalue weighted by atomic mass is 32.2. The van der Waals surface area contributed by atoms with Crippen LogP contribution in [0.5, 0.6) is 0 Å². The normalized spacial score (nSPS) is 15.9. The number of amides is 2. The van der Waals surface area contributed by atoms with Crippen LogP contribution in [0, 0.1) is 0 Å². The Morgan fingerprint density at radius 1 is 1.32 bits per heavy atom. The predicted octanol–water partition coefficient (Wildman–Crippen LogP) is 2.72. The molecule has 0 unspecified atom stereocenters. The fourth-order valence-corrected chi connectivity index (χ4v) is 3.67. The molecule has 3 rings (SSSR count). The van der Waals surface area contributed by atoms with Crippen molar-refractivity contribution >= 4 is 35.0 Å². The molecule has 2 aromatic rings. The second kappa shape index (κ2) is 6.51. The van der Waals surface area contributed by atoms with E-state index >= 15 is 0 Å². The third-order valence-electron chi connectivity index (χ3n) is 4.18. The summed E-state index contributed by atoms with van der Waals surface area (Å²) in [5.74, 6) is -0.165. The number of hydrogen-bond acceptors (Lipinski definition) is 5. The van der Waals surface area contributed by atoms with Gasteiger partial charge in [-0.25, -0.2) is 0 Å². The van der Waals surface area contributed by atoms with Gasteiger partial charge in [0.2, 0.25) is 11.8 Å². The quantitative estimate of drug-likeness (QED) is 0.849. The van der Waals surface area contributed by atoms with Crippen molar-refractivity contribution in [2.45, 2.75) is 44.4 Å². The molecule has 2 heterocycles. The van der Waals surface area contributed by atoms with Gasteiger partial charge in [0.15, 0.2) is 5.16 Å². The largest absolute Gasteiger partial charge is 0.322 e. The standard InChI is InChI=1S/C17H21N5O2S/c1-11(2)21-10-18-20-16(21)25-9-14(23)22-13-8-6-5-7-12(13)19-15(24)17(22,3)4/h5-8,10-11H,9H2,1-4H3,(H,19,24). The lowest BCUT2D eigenvalue weighted by Gasteiger charge is -2.42. The van der Waals surface area contributed by atoms with E-state index in [1.165, 1.54) is 11.8 Å². The van der Waals surface area contributed by atoms with Crippen LogP contribution in [0.25, 0.3) is 0 Å². The van der Waals surface area contributed by atoms with E-state index in [1.807, 2.05) is 36.6 Å². The highest BCUT2D eigenvalue weighted by Crippen LogP contribution is 2.37. The van der Waals surface area contributed by atoms with Gasteiger partial charge in [-0.15, -0.1) is 10.2 Å². The number of rotatable bonds is 4. The Bertz CT molecular complexity index is 815. The fraction of sp³-hybridized carbons (Fsp3) is 0.412. The molecular weight excluding hydrogens is 338 g/mol. The second-order valence-corrected chi connectivity index (χ2v) is 7.61. The van der Waals surface area contributed by atoms with E-state index < -0.39 is 5.54 Å². The number of para-hydroxylation sites is 2. The van der Waals surface area contributed by atoms with Crippen LogP contribution >= 0.6 is 11.8 Å². The Kier molecular flexibility index (Phi) is 4.55. The van der Waals surface area contributed by atoms with E-state index in [0.29, 0.717) is 16.5 Å². The number of anilines is 2. The van der Waals surface area contributed by atoms with Crippen molar-refractivity contribution < 1.29 is 9.59 Å².